The summed E-state index contributed by atoms with van der Waals surface area (Å²) in [5.74, 6) is 2.07. The Morgan fingerprint density at radius 3 is 3.00 bits per heavy atom. The third-order valence-corrected chi connectivity index (χ3v) is 6.48. The summed E-state index contributed by atoms with van der Waals surface area (Å²) in [5.41, 5.74) is 0. The molecule has 3 heterocycles. The fraction of sp³-hybridized carbons (Fsp3) is 0.647. The van der Waals surface area contributed by atoms with Crippen LogP contribution in [0.25, 0.3) is 10.2 Å². The maximum atomic E-state index is 4.70. The van der Waals surface area contributed by atoms with Gasteiger partial charge in [-0.05, 0) is 44.6 Å². The molecule has 1 saturated carbocycles. The summed E-state index contributed by atoms with van der Waals surface area (Å²) in [7, 11) is 0. The zero-order valence-corrected chi connectivity index (χ0v) is 13.7. The van der Waals surface area contributed by atoms with Crippen LogP contribution in [0, 0.1) is 5.92 Å². The van der Waals surface area contributed by atoms with Crippen LogP contribution in [0.3, 0.4) is 0 Å². The third-order valence-electron chi connectivity index (χ3n) is 5.30. The monoisotopic (exact) mass is 301 g/mol. The lowest BCUT2D eigenvalue weighted by atomic mass is 9.85. The zero-order valence-electron chi connectivity index (χ0n) is 12.9. The number of anilines is 1. The highest BCUT2D eigenvalue weighted by Crippen LogP contribution is 2.43. The fourth-order valence-corrected chi connectivity index (χ4v) is 5.28. The summed E-state index contributed by atoms with van der Waals surface area (Å²) >= 11 is 1.82. The largest absolute Gasteiger partial charge is 0.350 e. The van der Waals surface area contributed by atoms with Crippen molar-refractivity contribution in [2.45, 2.75) is 64.5 Å². The SMILES string of the molecule is CCc1cc2c(N3[C@H](C)C[C@@H]4CCCC[C@@H]43)ncnc2s1. The minimum absolute atomic E-state index is 0.612. The first-order valence-electron chi connectivity index (χ1n) is 8.29. The fourth-order valence-electron chi connectivity index (χ4n) is 4.35. The summed E-state index contributed by atoms with van der Waals surface area (Å²) in [6.45, 7) is 4.59. The maximum Gasteiger partial charge on any atom is 0.141 e. The van der Waals surface area contributed by atoms with Crippen LogP contribution in [0.2, 0.25) is 0 Å². The predicted molar refractivity (Wildman–Crippen MR) is 89.1 cm³/mol. The van der Waals surface area contributed by atoms with Gasteiger partial charge < -0.3 is 4.90 Å². The van der Waals surface area contributed by atoms with E-state index in [-0.39, 0.29) is 0 Å². The Kier molecular flexibility index (Phi) is 3.37. The van der Waals surface area contributed by atoms with Gasteiger partial charge in [0.05, 0.1) is 5.39 Å². The van der Waals surface area contributed by atoms with Gasteiger partial charge in [0, 0.05) is 17.0 Å². The van der Waals surface area contributed by atoms with Gasteiger partial charge in [0.15, 0.2) is 0 Å². The Morgan fingerprint density at radius 2 is 2.14 bits per heavy atom. The molecule has 1 aliphatic heterocycles. The average molecular weight is 301 g/mol. The van der Waals surface area contributed by atoms with Crippen LogP contribution in [-0.2, 0) is 6.42 Å². The zero-order chi connectivity index (χ0) is 14.4. The molecule has 3 nitrogen and oxygen atoms in total. The van der Waals surface area contributed by atoms with E-state index in [2.05, 4.69) is 29.8 Å². The van der Waals surface area contributed by atoms with E-state index in [4.69, 9.17) is 4.98 Å². The van der Waals surface area contributed by atoms with Crippen molar-refractivity contribution >= 4 is 27.4 Å². The normalized spacial score (nSPS) is 29.0. The highest BCUT2D eigenvalue weighted by atomic mass is 32.1. The van der Waals surface area contributed by atoms with Crippen molar-refractivity contribution in [3.05, 3.63) is 17.3 Å². The lowest BCUT2D eigenvalue weighted by Gasteiger charge is -2.34. The van der Waals surface area contributed by atoms with Gasteiger partial charge in [0.1, 0.15) is 17.0 Å². The summed E-state index contributed by atoms with van der Waals surface area (Å²) in [6.07, 6.45) is 9.72. The quantitative estimate of drug-likeness (QED) is 0.822. The van der Waals surface area contributed by atoms with Gasteiger partial charge in [-0.15, -0.1) is 11.3 Å². The van der Waals surface area contributed by atoms with Crippen LogP contribution in [0.15, 0.2) is 12.4 Å². The molecule has 1 aliphatic carbocycles. The van der Waals surface area contributed by atoms with E-state index in [1.807, 2.05) is 11.3 Å². The van der Waals surface area contributed by atoms with E-state index in [1.165, 1.54) is 48.2 Å². The van der Waals surface area contributed by atoms with E-state index in [0.717, 1.165) is 17.2 Å². The second kappa shape index (κ2) is 5.24. The number of hydrogen-bond acceptors (Lipinski definition) is 4. The topological polar surface area (TPSA) is 29.0 Å². The molecule has 4 heteroatoms. The van der Waals surface area contributed by atoms with Gasteiger partial charge in [-0.3, -0.25) is 0 Å². The molecule has 0 amide bonds. The molecule has 0 aromatic carbocycles. The second-order valence-corrected chi connectivity index (χ2v) is 7.70. The molecular weight excluding hydrogens is 278 g/mol. The summed E-state index contributed by atoms with van der Waals surface area (Å²) in [6, 6.07) is 3.64. The van der Waals surface area contributed by atoms with E-state index in [1.54, 1.807) is 6.33 Å². The first-order chi connectivity index (χ1) is 10.3. The van der Waals surface area contributed by atoms with E-state index in [9.17, 15) is 0 Å². The minimum Gasteiger partial charge on any atom is -0.350 e. The van der Waals surface area contributed by atoms with E-state index >= 15 is 0 Å². The smallest absolute Gasteiger partial charge is 0.141 e. The average Bonchev–Trinajstić information content (AvgIpc) is 3.06. The lowest BCUT2D eigenvalue weighted by Crippen LogP contribution is -2.38. The van der Waals surface area contributed by atoms with Gasteiger partial charge in [-0.25, -0.2) is 9.97 Å². The van der Waals surface area contributed by atoms with Crippen LogP contribution in [0.4, 0.5) is 5.82 Å². The maximum absolute atomic E-state index is 4.70. The molecule has 2 aromatic rings. The standard InChI is InChI=1S/C17H23N3S/c1-3-13-9-14-16(18-10-19-17(14)21-13)20-11(2)8-12-6-4-5-7-15(12)20/h9-12,15H,3-8H2,1-2H3/t11-,12+,15+/m1/s1. The predicted octanol–water partition coefficient (Wildman–Crippen LogP) is 4.41. The summed E-state index contributed by atoms with van der Waals surface area (Å²) in [5, 5.41) is 1.28. The first-order valence-corrected chi connectivity index (χ1v) is 9.11. The molecule has 0 unspecified atom stereocenters. The number of hydrogen-bond donors (Lipinski definition) is 0. The number of aromatic nitrogens is 2. The molecule has 2 fully saturated rings. The third kappa shape index (κ3) is 2.15. The molecule has 4 rings (SSSR count). The Hall–Kier alpha value is -1.16. The number of rotatable bonds is 2. The number of aryl methyl sites for hydroxylation is 1. The summed E-state index contributed by atoms with van der Waals surface area (Å²) < 4.78 is 0. The molecule has 21 heavy (non-hydrogen) atoms. The highest BCUT2D eigenvalue weighted by Gasteiger charge is 2.41. The molecule has 0 N–H and O–H groups in total. The molecule has 0 spiro atoms. The van der Waals surface area contributed by atoms with Crippen molar-refractivity contribution in [2.75, 3.05) is 4.90 Å². The Morgan fingerprint density at radius 1 is 1.29 bits per heavy atom. The molecule has 112 valence electrons. The van der Waals surface area contributed by atoms with Gasteiger partial charge in [0.25, 0.3) is 0 Å². The molecule has 1 saturated heterocycles. The van der Waals surface area contributed by atoms with E-state index in [0.29, 0.717) is 12.1 Å². The number of thiophene rings is 1. The van der Waals surface area contributed by atoms with Crippen LogP contribution in [-0.4, -0.2) is 22.1 Å². The van der Waals surface area contributed by atoms with Crippen LogP contribution in [0.5, 0.6) is 0 Å². The molecule has 2 aliphatic rings. The molecule has 0 bridgehead atoms. The molecule has 2 aromatic heterocycles. The van der Waals surface area contributed by atoms with Crippen molar-refractivity contribution < 1.29 is 0 Å². The van der Waals surface area contributed by atoms with Crippen molar-refractivity contribution in [3.63, 3.8) is 0 Å². The van der Waals surface area contributed by atoms with Crippen LogP contribution >= 0.6 is 11.3 Å². The lowest BCUT2D eigenvalue weighted by molar-refractivity contribution is 0.341. The highest BCUT2D eigenvalue weighted by molar-refractivity contribution is 7.18. The first kappa shape index (κ1) is 13.5. The summed E-state index contributed by atoms with van der Waals surface area (Å²) in [4.78, 5) is 14.4. The van der Waals surface area contributed by atoms with Crippen molar-refractivity contribution in [2.24, 2.45) is 5.92 Å². The van der Waals surface area contributed by atoms with Crippen molar-refractivity contribution in [1.29, 1.82) is 0 Å². The van der Waals surface area contributed by atoms with Gasteiger partial charge >= 0.3 is 0 Å². The Labute approximate surface area is 130 Å². The molecule has 3 atom stereocenters. The van der Waals surface area contributed by atoms with Gasteiger partial charge in [-0.2, -0.15) is 0 Å². The Balaban J connectivity index is 1.79. The van der Waals surface area contributed by atoms with Crippen molar-refractivity contribution in [1.82, 2.24) is 9.97 Å². The van der Waals surface area contributed by atoms with Gasteiger partial charge in [0.2, 0.25) is 0 Å². The molecule has 0 radical (unpaired) electrons. The van der Waals surface area contributed by atoms with Crippen LogP contribution < -0.4 is 4.90 Å². The molecular formula is C17H23N3S. The number of fused-ring (bicyclic) bond motifs is 2. The van der Waals surface area contributed by atoms with E-state index < -0.39 is 0 Å². The Bertz CT molecular complexity index is 651. The minimum atomic E-state index is 0.612. The van der Waals surface area contributed by atoms with Crippen molar-refractivity contribution in [3.8, 4) is 0 Å². The number of nitrogens with zero attached hydrogens (tertiary/aromatic N) is 3. The van der Waals surface area contributed by atoms with Crippen LogP contribution in [0.1, 0.15) is 50.8 Å². The second-order valence-electron chi connectivity index (χ2n) is 6.59. The van der Waals surface area contributed by atoms with Gasteiger partial charge in [-0.1, -0.05) is 19.8 Å².